The van der Waals surface area contributed by atoms with Crippen LogP contribution >= 0.6 is 23.4 Å². The van der Waals surface area contributed by atoms with Gasteiger partial charge in [0.05, 0.1) is 41.3 Å². The molecular weight excluding hydrogens is 507 g/mol. The molecular formula is C21H22ClF5N2O4S. The molecule has 13 heteroatoms. The highest BCUT2D eigenvalue weighted by molar-refractivity contribution is 7.99. The van der Waals surface area contributed by atoms with E-state index in [1.54, 1.807) is 0 Å². The zero-order valence-electron chi connectivity index (χ0n) is 18.2. The van der Waals surface area contributed by atoms with E-state index in [9.17, 15) is 27.2 Å². The van der Waals surface area contributed by atoms with Crippen molar-refractivity contribution in [2.75, 3.05) is 38.4 Å². The Balaban J connectivity index is 2.98. The molecule has 1 aromatic rings. The highest BCUT2D eigenvalue weighted by Gasteiger charge is 2.49. The number of aliphatic imine (C=N–C) groups is 1. The largest absolute Gasteiger partial charge is 0.468 e. The summed E-state index contributed by atoms with van der Waals surface area (Å²) < 4.78 is 80.9. The lowest BCUT2D eigenvalue weighted by Gasteiger charge is -2.34. The topological polar surface area (TPSA) is 91.0 Å². The number of hydrogen-bond acceptors (Lipinski definition) is 7. The molecule has 0 aromatic heterocycles. The molecule has 0 radical (unpaired) electrons. The van der Waals surface area contributed by atoms with Gasteiger partial charge in [0, 0.05) is 29.5 Å². The van der Waals surface area contributed by atoms with Crippen LogP contribution in [0.5, 0.6) is 0 Å². The quantitative estimate of drug-likeness (QED) is 0.292. The second kappa shape index (κ2) is 12.0. The van der Waals surface area contributed by atoms with E-state index in [0.717, 1.165) is 18.9 Å². The van der Waals surface area contributed by atoms with Gasteiger partial charge in [-0.2, -0.15) is 24.9 Å². The van der Waals surface area contributed by atoms with Gasteiger partial charge in [0.2, 0.25) is 0 Å². The Morgan fingerprint density at radius 2 is 1.97 bits per heavy atom. The van der Waals surface area contributed by atoms with Crippen molar-refractivity contribution in [1.29, 1.82) is 0 Å². The highest BCUT2D eigenvalue weighted by atomic mass is 35.5. The number of hydrogen-bond donors (Lipinski definition) is 1. The Bertz CT molecular complexity index is 1000. The number of carbonyl (C=O) groups is 2. The summed E-state index contributed by atoms with van der Waals surface area (Å²) in [4.78, 5) is 29.7. The molecule has 0 fully saturated rings. The van der Waals surface area contributed by atoms with Crippen LogP contribution in [0, 0.1) is 11.7 Å². The number of esters is 2. The molecule has 2 rings (SSSR count). The van der Waals surface area contributed by atoms with E-state index in [1.807, 2.05) is 0 Å². The molecule has 188 valence electrons. The van der Waals surface area contributed by atoms with E-state index < -0.39 is 69.9 Å². The zero-order valence-corrected chi connectivity index (χ0v) is 19.8. The zero-order chi connectivity index (χ0) is 25.6. The summed E-state index contributed by atoms with van der Waals surface area (Å²) in [7, 11) is 0.925. The Labute approximate surface area is 201 Å². The van der Waals surface area contributed by atoms with Crippen molar-refractivity contribution in [1.82, 2.24) is 0 Å². The molecule has 1 aliphatic heterocycles. The summed E-state index contributed by atoms with van der Waals surface area (Å²) in [5.41, 5.74) is 1.60. The van der Waals surface area contributed by atoms with Crippen LogP contribution in [0.25, 0.3) is 0 Å². The molecule has 0 spiro atoms. The minimum absolute atomic E-state index is 0.0806. The third kappa shape index (κ3) is 5.89. The van der Waals surface area contributed by atoms with Crippen molar-refractivity contribution in [2.45, 2.75) is 19.0 Å². The monoisotopic (exact) mass is 528 g/mol. The van der Waals surface area contributed by atoms with Gasteiger partial charge in [-0.05, 0) is 19.1 Å². The summed E-state index contributed by atoms with van der Waals surface area (Å²) in [6.45, 7) is 0.155. The molecule has 1 aromatic carbocycles. The molecule has 0 aliphatic carbocycles. The van der Waals surface area contributed by atoms with Crippen LogP contribution in [-0.2, 0) is 25.2 Å². The number of rotatable bonds is 9. The number of thioether (sulfide) groups is 1. The SMILES string of the molecule is CCOC(=O)C1=C(CSCCN)N=C(CF)C(C(=O)OC)C1c1c(F)ccc(Cl)c1C(F)(F)F. The van der Waals surface area contributed by atoms with Gasteiger partial charge in [0.1, 0.15) is 18.4 Å². The predicted molar refractivity (Wildman–Crippen MR) is 118 cm³/mol. The average molecular weight is 529 g/mol. The van der Waals surface area contributed by atoms with Crippen molar-refractivity contribution in [3.8, 4) is 0 Å². The van der Waals surface area contributed by atoms with E-state index in [-0.39, 0.29) is 24.6 Å². The molecule has 1 aliphatic rings. The first kappa shape index (κ1) is 28.1. The van der Waals surface area contributed by atoms with Crippen LogP contribution in [0.15, 0.2) is 28.4 Å². The number of carbonyl (C=O) groups excluding carboxylic acids is 2. The third-order valence-electron chi connectivity index (χ3n) is 4.92. The molecule has 0 saturated heterocycles. The number of benzene rings is 1. The first-order chi connectivity index (χ1) is 16.0. The van der Waals surface area contributed by atoms with Crippen LogP contribution in [0.3, 0.4) is 0 Å². The minimum atomic E-state index is -5.17. The van der Waals surface area contributed by atoms with Gasteiger partial charge in [0.25, 0.3) is 0 Å². The van der Waals surface area contributed by atoms with Gasteiger partial charge in [-0.25, -0.2) is 13.6 Å². The van der Waals surface area contributed by atoms with Crippen molar-refractivity contribution >= 4 is 41.0 Å². The fourth-order valence-electron chi connectivity index (χ4n) is 3.64. The van der Waals surface area contributed by atoms with Gasteiger partial charge in [-0.3, -0.25) is 9.79 Å². The van der Waals surface area contributed by atoms with Crippen molar-refractivity contribution in [3.05, 3.63) is 45.4 Å². The van der Waals surface area contributed by atoms with Gasteiger partial charge in [-0.1, -0.05) is 11.6 Å². The predicted octanol–water partition coefficient (Wildman–Crippen LogP) is 4.30. The highest BCUT2D eigenvalue weighted by Crippen LogP contribution is 2.48. The van der Waals surface area contributed by atoms with E-state index in [4.69, 9.17) is 22.1 Å². The average Bonchev–Trinajstić information content (AvgIpc) is 2.78. The summed E-state index contributed by atoms with van der Waals surface area (Å²) >= 11 is 6.97. The number of nitrogens with zero attached hydrogens (tertiary/aromatic N) is 1. The lowest BCUT2D eigenvalue weighted by atomic mass is 9.73. The van der Waals surface area contributed by atoms with Crippen LogP contribution in [0.1, 0.15) is 24.0 Å². The minimum Gasteiger partial charge on any atom is -0.468 e. The van der Waals surface area contributed by atoms with Crippen LogP contribution in [0.4, 0.5) is 22.0 Å². The first-order valence-electron chi connectivity index (χ1n) is 9.97. The van der Waals surface area contributed by atoms with Crippen molar-refractivity contribution in [2.24, 2.45) is 16.6 Å². The lowest BCUT2D eigenvalue weighted by Crippen LogP contribution is -2.40. The van der Waals surface area contributed by atoms with Crippen LogP contribution in [-0.4, -0.2) is 56.1 Å². The summed E-state index contributed by atoms with van der Waals surface area (Å²) in [5.74, 6) is -7.26. The molecule has 2 unspecified atom stereocenters. The summed E-state index contributed by atoms with van der Waals surface area (Å²) in [6.07, 6.45) is -5.17. The maximum absolute atomic E-state index is 15.1. The first-order valence-corrected chi connectivity index (χ1v) is 11.5. The van der Waals surface area contributed by atoms with Gasteiger partial charge >= 0.3 is 18.1 Å². The Kier molecular flexibility index (Phi) is 9.89. The molecule has 1 heterocycles. The van der Waals surface area contributed by atoms with E-state index >= 15 is 4.39 Å². The standard InChI is InChI=1S/C21H22ClF5N2O4S/c1-3-33-20(31)16-13(9-34-7-6-28)29-12(8-23)15(19(30)32-2)17(16)14-11(24)5-4-10(22)18(14)21(25,26)27/h4-5,15,17H,3,6-9,28H2,1-2H3. The van der Waals surface area contributed by atoms with Crippen molar-refractivity contribution in [3.63, 3.8) is 0 Å². The molecule has 2 atom stereocenters. The lowest BCUT2D eigenvalue weighted by molar-refractivity contribution is -0.145. The van der Waals surface area contributed by atoms with Crippen LogP contribution < -0.4 is 5.73 Å². The number of ether oxygens (including phenoxy) is 2. The summed E-state index contributed by atoms with van der Waals surface area (Å²) in [5, 5.41) is -0.862. The maximum Gasteiger partial charge on any atom is 0.418 e. The van der Waals surface area contributed by atoms with Gasteiger partial charge in [-0.15, -0.1) is 0 Å². The number of halogens is 6. The smallest absolute Gasteiger partial charge is 0.418 e. The number of alkyl halides is 4. The summed E-state index contributed by atoms with van der Waals surface area (Å²) in [6, 6.07) is 1.38. The molecule has 6 nitrogen and oxygen atoms in total. The number of methoxy groups -OCH3 is 1. The van der Waals surface area contributed by atoms with E-state index in [2.05, 4.69) is 9.73 Å². The van der Waals surface area contributed by atoms with Crippen molar-refractivity contribution < 1.29 is 41.0 Å². The third-order valence-corrected chi connectivity index (χ3v) is 6.23. The van der Waals surface area contributed by atoms with Gasteiger partial charge < -0.3 is 15.2 Å². The Morgan fingerprint density at radius 3 is 2.50 bits per heavy atom. The molecule has 0 saturated carbocycles. The molecule has 0 bridgehead atoms. The van der Waals surface area contributed by atoms with Crippen LogP contribution in [0.2, 0.25) is 5.02 Å². The fourth-order valence-corrected chi connectivity index (χ4v) is 4.64. The Morgan fingerprint density at radius 1 is 1.29 bits per heavy atom. The normalized spacial score (nSPS) is 18.6. The van der Waals surface area contributed by atoms with Gasteiger partial charge in [0.15, 0.2) is 0 Å². The van der Waals surface area contributed by atoms with E-state index in [0.29, 0.717) is 17.9 Å². The second-order valence-corrected chi connectivity index (χ2v) is 8.47. The second-order valence-electron chi connectivity index (χ2n) is 6.95. The fraction of sp³-hybridized carbons (Fsp3) is 0.476. The molecule has 2 N–H and O–H groups in total. The molecule has 34 heavy (non-hydrogen) atoms. The maximum atomic E-state index is 15.1. The van der Waals surface area contributed by atoms with E-state index in [1.165, 1.54) is 6.92 Å². The molecule has 0 amide bonds. The number of nitrogens with two attached hydrogens (primary N) is 1. The Hall–Kier alpha value is -2.18.